The van der Waals surface area contributed by atoms with Crippen molar-refractivity contribution in [3.63, 3.8) is 0 Å². The lowest BCUT2D eigenvalue weighted by molar-refractivity contribution is 0.102. The van der Waals surface area contributed by atoms with Crippen LogP contribution in [0.2, 0.25) is 0 Å². The first-order valence-electron chi connectivity index (χ1n) is 9.74. The highest BCUT2D eigenvalue weighted by Crippen LogP contribution is 2.22. The molecule has 0 saturated carbocycles. The van der Waals surface area contributed by atoms with E-state index in [4.69, 9.17) is 0 Å². The quantitative estimate of drug-likeness (QED) is 0.756. The standard InChI is InChI=1S/C21H26N6O/c1-4-16-5-7-17(8-6-16)24-21(28)18-14-22-27-19(13-15(2)23-20(18)27)26-11-9-25(3)10-12-26/h5-8,13-14H,4,9-12H2,1-3H3,(H,24,28). The zero-order chi connectivity index (χ0) is 19.7. The van der Waals surface area contributed by atoms with Gasteiger partial charge in [-0.1, -0.05) is 19.1 Å². The van der Waals surface area contributed by atoms with Crippen molar-refractivity contribution in [3.8, 4) is 0 Å². The molecule has 0 aliphatic carbocycles. The normalized spacial score (nSPS) is 15.2. The van der Waals surface area contributed by atoms with Crippen LogP contribution in [-0.4, -0.2) is 58.6 Å². The van der Waals surface area contributed by atoms with Gasteiger partial charge in [0.2, 0.25) is 0 Å². The highest BCUT2D eigenvalue weighted by molar-refractivity contribution is 6.08. The van der Waals surface area contributed by atoms with Crippen LogP contribution in [0.1, 0.15) is 28.5 Å². The lowest BCUT2D eigenvalue weighted by Crippen LogP contribution is -2.45. The first kappa shape index (κ1) is 18.4. The molecule has 0 unspecified atom stereocenters. The van der Waals surface area contributed by atoms with Crippen LogP contribution >= 0.6 is 0 Å². The number of anilines is 2. The molecule has 1 N–H and O–H groups in total. The molecular formula is C21H26N6O. The molecule has 2 aromatic heterocycles. The average molecular weight is 378 g/mol. The van der Waals surface area contributed by atoms with E-state index in [2.05, 4.69) is 39.2 Å². The van der Waals surface area contributed by atoms with Crippen molar-refractivity contribution in [2.75, 3.05) is 43.4 Å². The number of fused-ring (bicyclic) bond motifs is 1. The first-order valence-corrected chi connectivity index (χ1v) is 9.74. The summed E-state index contributed by atoms with van der Waals surface area (Å²) in [4.78, 5) is 22.1. The Morgan fingerprint density at radius 3 is 2.54 bits per heavy atom. The number of piperazine rings is 1. The van der Waals surface area contributed by atoms with Crippen LogP contribution in [0.4, 0.5) is 11.5 Å². The lowest BCUT2D eigenvalue weighted by Gasteiger charge is -2.34. The Labute approximate surface area is 165 Å². The average Bonchev–Trinajstić information content (AvgIpc) is 3.12. The third-order valence-electron chi connectivity index (χ3n) is 5.27. The van der Waals surface area contributed by atoms with Gasteiger partial charge in [-0.2, -0.15) is 9.61 Å². The molecule has 1 aliphatic heterocycles. The Morgan fingerprint density at radius 1 is 1.14 bits per heavy atom. The molecule has 146 valence electrons. The maximum absolute atomic E-state index is 12.9. The van der Waals surface area contributed by atoms with Gasteiger partial charge in [0.05, 0.1) is 6.20 Å². The molecule has 1 aliphatic rings. The van der Waals surface area contributed by atoms with Gasteiger partial charge in [-0.3, -0.25) is 4.79 Å². The summed E-state index contributed by atoms with van der Waals surface area (Å²) in [6, 6.07) is 9.95. The predicted molar refractivity (Wildman–Crippen MR) is 111 cm³/mol. The topological polar surface area (TPSA) is 65.8 Å². The Bertz CT molecular complexity index is 986. The minimum Gasteiger partial charge on any atom is -0.354 e. The smallest absolute Gasteiger partial charge is 0.261 e. The highest BCUT2D eigenvalue weighted by atomic mass is 16.1. The third-order valence-corrected chi connectivity index (χ3v) is 5.27. The number of likely N-dealkylation sites (N-methyl/N-ethyl adjacent to an activating group) is 1. The Kier molecular flexibility index (Phi) is 5.00. The molecule has 1 fully saturated rings. The number of nitrogens with one attached hydrogen (secondary N) is 1. The van der Waals surface area contributed by atoms with E-state index >= 15 is 0 Å². The minimum atomic E-state index is -0.193. The Hall–Kier alpha value is -2.93. The van der Waals surface area contributed by atoms with E-state index in [1.807, 2.05) is 37.3 Å². The lowest BCUT2D eigenvalue weighted by atomic mass is 10.1. The Balaban J connectivity index is 1.63. The third kappa shape index (κ3) is 3.57. The summed E-state index contributed by atoms with van der Waals surface area (Å²) in [6.45, 7) is 7.94. The van der Waals surface area contributed by atoms with Crippen molar-refractivity contribution in [2.24, 2.45) is 0 Å². The monoisotopic (exact) mass is 378 g/mol. The van der Waals surface area contributed by atoms with Crippen LogP contribution in [-0.2, 0) is 6.42 Å². The maximum atomic E-state index is 12.9. The molecule has 7 nitrogen and oxygen atoms in total. The van der Waals surface area contributed by atoms with Gasteiger partial charge >= 0.3 is 0 Å². The predicted octanol–water partition coefficient (Wildman–Crippen LogP) is 2.60. The number of rotatable bonds is 4. The fraction of sp³-hybridized carbons (Fsp3) is 0.381. The molecule has 1 amide bonds. The first-order chi connectivity index (χ1) is 13.5. The molecule has 0 radical (unpaired) electrons. The number of hydrogen-bond acceptors (Lipinski definition) is 5. The van der Waals surface area contributed by atoms with Gasteiger partial charge in [0, 0.05) is 43.6 Å². The van der Waals surface area contributed by atoms with E-state index < -0.39 is 0 Å². The van der Waals surface area contributed by atoms with Crippen LogP contribution in [0.15, 0.2) is 36.5 Å². The summed E-state index contributed by atoms with van der Waals surface area (Å²) in [5, 5.41) is 7.44. The second kappa shape index (κ2) is 7.59. The van der Waals surface area contributed by atoms with Crippen LogP contribution in [0.25, 0.3) is 5.65 Å². The number of carbonyl (C=O) groups excluding carboxylic acids is 1. The van der Waals surface area contributed by atoms with Gasteiger partial charge in [-0.05, 0) is 38.1 Å². The number of benzene rings is 1. The van der Waals surface area contributed by atoms with Gasteiger partial charge in [0.25, 0.3) is 5.91 Å². The molecule has 0 atom stereocenters. The number of nitrogens with zero attached hydrogens (tertiary/aromatic N) is 5. The molecule has 3 heterocycles. The molecule has 3 aromatic rings. The summed E-state index contributed by atoms with van der Waals surface area (Å²) in [5.41, 5.74) is 3.97. The zero-order valence-electron chi connectivity index (χ0n) is 16.6. The molecule has 7 heteroatoms. The second-order valence-corrected chi connectivity index (χ2v) is 7.34. The van der Waals surface area contributed by atoms with Crippen molar-refractivity contribution in [1.29, 1.82) is 0 Å². The van der Waals surface area contributed by atoms with E-state index in [1.165, 1.54) is 5.56 Å². The molecule has 4 rings (SSSR count). The second-order valence-electron chi connectivity index (χ2n) is 7.34. The van der Waals surface area contributed by atoms with Crippen molar-refractivity contribution in [1.82, 2.24) is 19.5 Å². The van der Waals surface area contributed by atoms with Gasteiger partial charge in [-0.25, -0.2) is 4.98 Å². The summed E-state index contributed by atoms with van der Waals surface area (Å²) in [6.07, 6.45) is 2.58. The van der Waals surface area contributed by atoms with E-state index in [1.54, 1.807) is 10.7 Å². The summed E-state index contributed by atoms with van der Waals surface area (Å²) in [5.74, 6) is 0.795. The van der Waals surface area contributed by atoms with Crippen LogP contribution < -0.4 is 10.2 Å². The zero-order valence-corrected chi connectivity index (χ0v) is 16.6. The molecule has 1 aromatic carbocycles. The molecular weight excluding hydrogens is 352 g/mol. The van der Waals surface area contributed by atoms with E-state index in [0.717, 1.165) is 49.8 Å². The summed E-state index contributed by atoms with van der Waals surface area (Å²) >= 11 is 0. The fourth-order valence-electron chi connectivity index (χ4n) is 3.51. The van der Waals surface area contributed by atoms with E-state index in [-0.39, 0.29) is 5.91 Å². The van der Waals surface area contributed by atoms with Crippen LogP contribution in [0.5, 0.6) is 0 Å². The van der Waals surface area contributed by atoms with Gasteiger partial charge in [0.1, 0.15) is 11.4 Å². The Morgan fingerprint density at radius 2 is 1.86 bits per heavy atom. The van der Waals surface area contributed by atoms with E-state index in [0.29, 0.717) is 11.2 Å². The molecule has 0 spiro atoms. The number of amides is 1. The summed E-state index contributed by atoms with van der Waals surface area (Å²) < 4.78 is 1.79. The minimum absolute atomic E-state index is 0.193. The number of hydrogen-bond donors (Lipinski definition) is 1. The summed E-state index contributed by atoms with van der Waals surface area (Å²) in [7, 11) is 2.13. The van der Waals surface area contributed by atoms with E-state index in [9.17, 15) is 4.79 Å². The highest BCUT2D eigenvalue weighted by Gasteiger charge is 2.21. The van der Waals surface area contributed by atoms with Crippen LogP contribution in [0.3, 0.4) is 0 Å². The fourth-order valence-corrected chi connectivity index (χ4v) is 3.51. The SMILES string of the molecule is CCc1ccc(NC(=O)c2cnn3c(N4CCN(C)CC4)cc(C)nc23)cc1. The van der Waals surface area contributed by atoms with Crippen molar-refractivity contribution in [3.05, 3.63) is 53.3 Å². The van der Waals surface area contributed by atoms with Crippen molar-refractivity contribution in [2.45, 2.75) is 20.3 Å². The largest absolute Gasteiger partial charge is 0.354 e. The number of aryl methyl sites for hydroxylation is 2. The number of aromatic nitrogens is 3. The van der Waals surface area contributed by atoms with Gasteiger partial charge < -0.3 is 15.1 Å². The van der Waals surface area contributed by atoms with Gasteiger partial charge in [-0.15, -0.1) is 0 Å². The molecule has 1 saturated heterocycles. The van der Waals surface area contributed by atoms with Crippen molar-refractivity contribution >= 4 is 23.1 Å². The van der Waals surface area contributed by atoms with Crippen molar-refractivity contribution < 1.29 is 4.79 Å². The maximum Gasteiger partial charge on any atom is 0.261 e. The van der Waals surface area contributed by atoms with Gasteiger partial charge in [0.15, 0.2) is 5.65 Å². The molecule has 0 bridgehead atoms. The number of carbonyl (C=O) groups is 1. The van der Waals surface area contributed by atoms with Crippen LogP contribution in [0, 0.1) is 6.92 Å². The molecule has 28 heavy (non-hydrogen) atoms.